The highest BCUT2D eigenvalue weighted by Crippen LogP contribution is 2.28. The number of carboxylic acids is 1. The monoisotopic (exact) mass is 405 g/mol. The third-order valence-corrected chi connectivity index (χ3v) is 4.78. The van der Waals surface area contributed by atoms with Crippen molar-refractivity contribution in [2.45, 2.75) is 12.5 Å². The number of amides is 2. The molecule has 0 radical (unpaired) electrons. The molecule has 4 N–H and O–H groups in total. The smallest absolute Gasteiger partial charge is 0.355 e. The van der Waals surface area contributed by atoms with Gasteiger partial charge in [-0.2, -0.15) is 5.26 Å². The van der Waals surface area contributed by atoms with Crippen molar-refractivity contribution >= 4 is 40.0 Å². The molecule has 1 unspecified atom stereocenters. The third-order valence-electron chi connectivity index (χ3n) is 4.11. The number of carbonyl (C=O) groups excluding carboxylic acids is 2. The van der Waals surface area contributed by atoms with E-state index in [2.05, 4.69) is 20.3 Å². The van der Waals surface area contributed by atoms with Crippen LogP contribution in [0.4, 0.5) is 5.13 Å². The van der Waals surface area contributed by atoms with Crippen LogP contribution in [0, 0.1) is 11.3 Å². The van der Waals surface area contributed by atoms with E-state index in [0.29, 0.717) is 0 Å². The number of nitrogen functional groups attached to an aromatic ring is 1. The van der Waals surface area contributed by atoms with E-state index < -0.39 is 29.5 Å². The molecular formula is C15H15N7O5S. The fourth-order valence-electron chi connectivity index (χ4n) is 2.94. The van der Waals surface area contributed by atoms with Crippen molar-refractivity contribution in [3.05, 3.63) is 22.3 Å². The number of hydrogen-bond acceptors (Lipinski definition) is 10. The van der Waals surface area contributed by atoms with Crippen LogP contribution in [0.25, 0.3) is 0 Å². The maximum absolute atomic E-state index is 12.8. The molecule has 1 aromatic heterocycles. The van der Waals surface area contributed by atoms with Crippen LogP contribution < -0.4 is 11.1 Å². The first-order valence-corrected chi connectivity index (χ1v) is 8.84. The van der Waals surface area contributed by atoms with E-state index in [-0.39, 0.29) is 41.6 Å². The van der Waals surface area contributed by atoms with Crippen molar-refractivity contribution in [3.63, 3.8) is 0 Å². The first kappa shape index (κ1) is 19.3. The summed E-state index contributed by atoms with van der Waals surface area (Å²) in [5, 5.41) is 28.8. The van der Waals surface area contributed by atoms with Crippen molar-refractivity contribution in [2.75, 3.05) is 25.9 Å². The molecule has 0 spiro atoms. The van der Waals surface area contributed by atoms with Crippen LogP contribution in [-0.4, -0.2) is 69.8 Å². The number of aromatic nitrogens is 1. The van der Waals surface area contributed by atoms with Gasteiger partial charge in [-0.05, 0) is 6.42 Å². The molecule has 13 heteroatoms. The third kappa shape index (κ3) is 3.38. The zero-order valence-electron chi connectivity index (χ0n) is 14.6. The molecule has 3 rings (SSSR count). The van der Waals surface area contributed by atoms with Gasteiger partial charge in [-0.1, -0.05) is 5.16 Å². The minimum absolute atomic E-state index is 0.0209. The predicted molar refractivity (Wildman–Crippen MR) is 95.3 cm³/mol. The van der Waals surface area contributed by atoms with E-state index in [4.69, 9.17) is 11.0 Å². The number of carbonyl (C=O) groups is 3. The Morgan fingerprint density at radius 3 is 2.89 bits per heavy atom. The van der Waals surface area contributed by atoms with Crippen molar-refractivity contribution in [2.24, 2.45) is 5.16 Å². The number of aliphatic carboxylic acids is 1. The van der Waals surface area contributed by atoms with Crippen LogP contribution in [-0.2, 0) is 19.2 Å². The summed E-state index contributed by atoms with van der Waals surface area (Å²) in [7, 11) is 1.25. The van der Waals surface area contributed by atoms with Crippen LogP contribution >= 0.6 is 11.3 Å². The van der Waals surface area contributed by atoms with Gasteiger partial charge in [-0.15, -0.1) is 11.3 Å². The summed E-state index contributed by atoms with van der Waals surface area (Å²) in [6, 6.07) is 0.803. The molecule has 1 saturated heterocycles. The Kier molecular flexibility index (Phi) is 5.25. The number of thiazole rings is 1. The molecule has 0 saturated carbocycles. The average Bonchev–Trinajstić information content (AvgIpc) is 3.25. The number of nitrogens with zero attached hydrogens (tertiary/aromatic N) is 5. The molecule has 0 bridgehead atoms. The minimum Gasteiger partial charge on any atom is -0.476 e. The van der Waals surface area contributed by atoms with Gasteiger partial charge in [0.25, 0.3) is 11.8 Å². The second kappa shape index (κ2) is 7.62. The molecule has 2 aliphatic heterocycles. The number of carboxylic acid groups (broad SMARTS) is 1. The Morgan fingerprint density at radius 2 is 2.32 bits per heavy atom. The van der Waals surface area contributed by atoms with Crippen molar-refractivity contribution < 1.29 is 24.3 Å². The lowest BCUT2D eigenvalue weighted by atomic mass is 10.1. The van der Waals surface area contributed by atoms with Gasteiger partial charge in [0.1, 0.15) is 18.8 Å². The Labute approximate surface area is 162 Å². The van der Waals surface area contributed by atoms with Gasteiger partial charge in [0.2, 0.25) is 0 Å². The summed E-state index contributed by atoms with van der Waals surface area (Å²) in [4.78, 5) is 45.6. The molecular weight excluding hydrogens is 390 g/mol. The molecule has 146 valence electrons. The molecule has 28 heavy (non-hydrogen) atoms. The number of anilines is 1. The number of nitriles is 1. The van der Waals surface area contributed by atoms with E-state index in [1.54, 1.807) is 0 Å². The fourth-order valence-corrected chi connectivity index (χ4v) is 3.48. The van der Waals surface area contributed by atoms with E-state index in [9.17, 15) is 19.5 Å². The number of hydrazine groups is 1. The van der Waals surface area contributed by atoms with Gasteiger partial charge < -0.3 is 21.0 Å². The molecule has 1 fully saturated rings. The highest BCUT2D eigenvalue weighted by Gasteiger charge is 2.45. The number of fused-ring (bicyclic) bond motifs is 1. The molecule has 2 aliphatic rings. The lowest BCUT2D eigenvalue weighted by Gasteiger charge is -2.37. The van der Waals surface area contributed by atoms with Crippen LogP contribution in [0.15, 0.2) is 21.8 Å². The van der Waals surface area contributed by atoms with E-state index in [1.807, 2.05) is 6.07 Å². The lowest BCUT2D eigenvalue weighted by molar-refractivity contribution is -0.156. The summed E-state index contributed by atoms with van der Waals surface area (Å²) in [6.07, 6.45) is 0.228. The summed E-state index contributed by atoms with van der Waals surface area (Å²) in [6.45, 7) is 0.304. The number of rotatable bonds is 5. The summed E-state index contributed by atoms with van der Waals surface area (Å²) < 4.78 is 0. The quantitative estimate of drug-likeness (QED) is 0.405. The topological polar surface area (TPSA) is 174 Å². The maximum Gasteiger partial charge on any atom is 0.355 e. The Morgan fingerprint density at radius 1 is 1.57 bits per heavy atom. The zero-order chi connectivity index (χ0) is 20.4. The summed E-state index contributed by atoms with van der Waals surface area (Å²) in [5.74, 6) is -2.77. The van der Waals surface area contributed by atoms with Gasteiger partial charge in [-0.25, -0.2) is 19.8 Å². The normalized spacial score (nSPS) is 20.0. The first-order chi connectivity index (χ1) is 13.4. The van der Waals surface area contributed by atoms with Crippen LogP contribution in [0.1, 0.15) is 12.1 Å². The second-order valence-electron chi connectivity index (χ2n) is 5.79. The second-order valence-corrected chi connectivity index (χ2v) is 6.68. The number of nitrogens with one attached hydrogen (secondary N) is 1. The Hall–Kier alpha value is -3.50. The molecule has 0 aliphatic carbocycles. The van der Waals surface area contributed by atoms with Crippen LogP contribution in [0.5, 0.6) is 0 Å². The van der Waals surface area contributed by atoms with E-state index in [0.717, 1.165) is 16.3 Å². The molecule has 3 heterocycles. The largest absolute Gasteiger partial charge is 0.476 e. The van der Waals surface area contributed by atoms with Gasteiger partial charge in [-0.3, -0.25) is 9.59 Å². The van der Waals surface area contributed by atoms with Gasteiger partial charge in [0.05, 0.1) is 18.2 Å². The van der Waals surface area contributed by atoms with Crippen molar-refractivity contribution in [1.29, 1.82) is 5.26 Å². The minimum atomic E-state index is -1.39. The SMILES string of the molecule is CO/N=C(/C(=O)NC1CCN2CC(C#N)=C(C(=O)O)N2C1=O)c1csc(N)n1. The highest BCUT2D eigenvalue weighted by atomic mass is 32.1. The predicted octanol–water partition coefficient (Wildman–Crippen LogP) is -1.11. The number of hydrogen-bond donors (Lipinski definition) is 3. The molecule has 12 nitrogen and oxygen atoms in total. The average molecular weight is 405 g/mol. The van der Waals surface area contributed by atoms with Gasteiger partial charge >= 0.3 is 5.97 Å². The maximum atomic E-state index is 12.8. The molecule has 0 aromatic carbocycles. The number of nitrogens with two attached hydrogens (primary N) is 1. The highest BCUT2D eigenvalue weighted by molar-refractivity contribution is 7.13. The summed E-state index contributed by atoms with van der Waals surface area (Å²) in [5.41, 5.74) is 5.17. The molecule has 2 amide bonds. The van der Waals surface area contributed by atoms with Gasteiger partial charge in [0.15, 0.2) is 16.5 Å². The Bertz CT molecular complexity index is 947. The molecule has 1 aromatic rings. The zero-order valence-corrected chi connectivity index (χ0v) is 15.4. The fraction of sp³-hybridized carbons (Fsp3) is 0.333. The van der Waals surface area contributed by atoms with E-state index >= 15 is 0 Å². The lowest BCUT2D eigenvalue weighted by Crippen LogP contribution is -2.59. The van der Waals surface area contributed by atoms with Crippen molar-refractivity contribution in [1.82, 2.24) is 20.3 Å². The molecule has 1 atom stereocenters. The van der Waals surface area contributed by atoms with Gasteiger partial charge in [0, 0.05) is 11.9 Å². The first-order valence-electron chi connectivity index (χ1n) is 7.96. The van der Waals surface area contributed by atoms with Crippen LogP contribution in [0.3, 0.4) is 0 Å². The van der Waals surface area contributed by atoms with Crippen LogP contribution in [0.2, 0.25) is 0 Å². The Balaban J connectivity index is 1.82. The standard InChI is InChI=1S/C15H15N7O5S/c1-27-20-10(9-6-28-15(17)19-9)12(23)18-8-2-3-21-5-7(4-16)11(14(25)26)22(21)13(8)24/h6,8H,2-3,5H2,1H3,(H2,17,19)(H,18,23)(H,25,26)/b20-10+. The number of oxime groups is 1. The van der Waals surface area contributed by atoms with E-state index in [1.165, 1.54) is 17.5 Å². The summed E-state index contributed by atoms with van der Waals surface area (Å²) >= 11 is 1.11. The van der Waals surface area contributed by atoms with Crippen molar-refractivity contribution in [3.8, 4) is 6.07 Å².